The van der Waals surface area contributed by atoms with Gasteiger partial charge in [0.25, 0.3) is 0 Å². The Morgan fingerprint density at radius 1 is 0.968 bits per heavy atom. The summed E-state index contributed by atoms with van der Waals surface area (Å²) < 4.78 is 11.5. The zero-order valence-corrected chi connectivity index (χ0v) is 17.4. The average Bonchev–Trinajstić information content (AvgIpc) is 3.24. The molecule has 0 N–H and O–H groups in total. The first-order valence-corrected chi connectivity index (χ1v) is 10.3. The van der Waals surface area contributed by atoms with Crippen molar-refractivity contribution < 1.29 is 13.9 Å². The summed E-state index contributed by atoms with van der Waals surface area (Å²) in [7, 11) is 0. The van der Waals surface area contributed by atoms with Crippen LogP contribution >= 0.6 is 0 Å². The van der Waals surface area contributed by atoms with Crippen LogP contribution in [0.3, 0.4) is 0 Å². The Kier molecular flexibility index (Phi) is 6.43. The lowest BCUT2D eigenvalue weighted by atomic mass is 10.2. The summed E-state index contributed by atoms with van der Waals surface area (Å²) in [5, 5.41) is 0. The number of amides is 1. The van der Waals surface area contributed by atoms with E-state index in [0.717, 1.165) is 22.4 Å². The summed E-state index contributed by atoms with van der Waals surface area (Å²) in [6.07, 6.45) is 3.12. The predicted octanol–water partition coefficient (Wildman–Crippen LogP) is 5.47. The maximum absolute atomic E-state index is 12.6. The minimum absolute atomic E-state index is 0.0887. The molecule has 5 nitrogen and oxygen atoms in total. The number of para-hydroxylation sites is 2. The van der Waals surface area contributed by atoms with Crippen molar-refractivity contribution in [3.63, 3.8) is 0 Å². The Hall–Kier alpha value is -3.86. The lowest BCUT2D eigenvalue weighted by molar-refractivity contribution is -0.126. The molecule has 0 unspecified atom stereocenters. The number of likely N-dealkylation sites (N-methyl/N-ethyl adjacent to an activating group) is 1. The second-order valence-corrected chi connectivity index (χ2v) is 7.12. The molecule has 0 radical (unpaired) electrons. The van der Waals surface area contributed by atoms with Gasteiger partial charge in [-0.25, -0.2) is 4.98 Å². The van der Waals surface area contributed by atoms with Crippen LogP contribution in [0.1, 0.15) is 23.9 Å². The summed E-state index contributed by atoms with van der Waals surface area (Å²) >= 11 is 0. The number of carbonyl (C=O) groups excluding carboxylic acids is 1. The van der Waals surface area contributed by atoms with Gasteiger partial charge in [0.2, 0.25) is 11.8 Å². The second kappa shape index (κ2) is 9.76. The van der Waals surface area contributed by atoms with Crippen molar-refractivity contribution in [3.05, 3.63) is 102 Å². The van der Waals surface area contributed by atoms with E-state index < -0.39 is 0 Å². The Morgan fingerprint density at radius 3 is 2.45 bits per heavy atom. The van der Waals surface area contributed by atoms with Gasteiger partial charge in [0.15, 0.2) is 5.58 Å². The smallest absolute Gasteiger partial charge is 0.247 e. The second-order valence-electron chi connectivity index (χ2n) is 7.12. The minimum atomic E-state index is -0.0887. The van der Waals surface area contributed by atoms with E-state index in [1.54, 1.807) is 11.0 Å². The standard InChI is InChI=1S/C26H24N2O3/c1-2-28(26(29)17-16-25-27-23-10-6-7-11-24(23)31-25)18-20-12-14-22(15-13-20)30-19-21-8-4-3-5-9-21/h3-17H,2,18-19H2,1H3. The van der Waals surface area contributed by atoms with Gasteiger partial charge in [0.1, 0.15) is 17.9 Å². The highest BCUT2D eigenvalue weighted by atomic mass is 16.5. The molecule has 31 heavy (non-hydrogen) atoms. The summed E-state index contributed by atoms with van der Waals surface area (Å²) in [4.78, 5) is 18.8. The quantitative estimate of drug-likeness (QED) is 0.360. The van der Waals surface area contributed by atoms with Crippen LogP contribution in [0.5, 0.6) is 5.75 Å². The minimum Gasteiger partial charge on any atom is -0.489 e. The van der Waals surface area contributed by atoms with Crippen LogP contribution in [0.15, 0.2) is 89.4 Å². The third-order valence-corrected chi connectivity index (χ3v) is 4.92. The number of hydrogen-bond acceptors (Lipinski definition) is 4. The van der Waals surface area contributed by atoms with E-state index in [-0.39, 0.29) is 5.91 Å². The zero-order chi connectivity index (χ0) is 21.5. The van der Waals surface area contributed by atoms with Crippen LogP contribution in [0, 0.1) is 0 Å². The van der Waals surface area contributed by atoms with Crippen molar-refractivity contribution in [1.82, 2.24) is 9.88 Å². The molecular weight excluding hydrogens is 388 g/mol. The van der Waals surface area contributed by atoms with Gasteiger partial charge in [0, 0.05) is 25.2 Å². The van der Waals surface area contributed by atoms with E-state index in [1.807, 2.05) is 85.8 Å². The molecule has 0 saturated heterocycles. The molecule has 0 aliphatic rings. The molecule has 3 aromatic carbocycles. The number of rotatable bonds is 8. The number of ether oxygens (including phenoxy) is 1. The largest absolute Gasteiger partial charge is 0.489 e. The molecule has 4 rings (SSSR count). The number of fused-ring (bicyclic) bond motifs is 1. The van der Waals surface area contributed by atoms with E-state index in [1.165, 1.54) is 6.08 Å². The first-order valence-electron chi connectivity index (χ1n) is 10.3. The highest BCUT2D eigenvalue weighted by molar-refractivity contribution is 5.91. The monoisotopic (exact) mass is 412 g/mol. The van der Waals surface area contributed by atoms with Crippen molar-refractivity contribution in [2.24, 2.45) is 0 Å². The molecule has 0 aliphatic heterocycles. The third-order valence-electron chi connectivity index (χ3n) is 4.92. The summed E-state index contributed by atoms with van der Waals surface area (Å²) in [6, 6.07) is 25.4. The Bertz CT molecular complexity index is 1130. The molecule has 0 bridgehead atoms. The molecule has 1 amide bonds. The molecule has 1 heterocycles. The summed E-state index contributed by atoms with van der Waals surface area (Å²) in [6.45, 7) is 3.61. The van der Waals surface area contributed by atoms with E-state index in [4.69, 9.17) is 9.15 Å². The fourth-order valence-electron chi connectivity index (χ4n) is 3.21. The van der Waals surface area contributed by atoms with E-state index in [2.05, 4.69) is 4.98 Å². The summed E-state index contributed by atoms with van der Waals surface area (Å²) in [5.74, 6) is 1.14. The van der Waals surface area contributed by atoms with Crippen molar-refractivity contribution in [1.29, 1.82) is 0 Å². The normalized spacial score (nSPS) is 11.1. The summed E-state index contributed by atoms with van der Waals surface area (Å²) in [5.41, 5.74) is 3.64. The maximum Gasteiger partial charge on any atom is 0.247 e. The molecule has 5 heteroatoms. The van der Waals surface area contributed by atoms with Gasteiger partial charge in [-0.3, -0.25) is 4.79 Å². The highest BCUT2D eigenvalue weighted by Gasteiger charge is 2.10. The SMILES string of the molecule is CCN(Cc1ccc(OCc2ccccc2)cc1)C(=O)C=Cc1nc2ccccc2o1. The number of carbonyl (C=O) groups is 1. The van der Waals surface area contributed by atoms with Crippen LogP contribution in [-0.4, -0.2) is 22.3 Å². The van der Waals surface area contributed by atoms with Crippen molar-refractivity contribution in [3.8, 4) is 5.75 Å². The van der Waals surface area contributed by atoms with Crippen LogP contribution in [0.4, 0.5) is 0 Å². The number of hydrogen-bond donors (Lipinski definition) is 0. The Balaban J connectivity index is 1.34. The van der Waals surface area contributed by atoms with Crippen LogP contribution in [0.25, 0.3) is 17.2 Å². The predicted molar refractivity (Wildman–Crippen MR) is 121 cm³/mol. The van der Waals surface area contributed by atoms with Crippen LogP contribution in [-0.2, 0) is 17.9 Å². The number of nitrogens with zero attached hydrogens (tertiary/aromatic N) is 2. The molecular formula is C26H24N2O3. The number of aromatic nitrogens is 1. The zero-order valence-electron chi connectivity index (χ0n) is 17.4. The highest BCUT2D eigenvalue weighted by Crippen LogP contribution is 2.17. The van der Waals surface area contributed by atoms with Gasteiger partial charge < -0.3 is 14.1 Å². The fourth-order valence-corrected chi connectivity index (χ4v) is 3.21. The number of oxazole rings is 1. The Morgan fingerprint density at radius 2 is 1.71 bits per heavy atom. The van der Waals surface area contributed by atoms with Gasteiger partial charge in [0.05, 0.1) is 0 Å². The molecule has 0 spiro atoms. The van der Waals surface area contributed by atoms with Crippen molar-refractivity contribution in [2.75, 3.05) is 6.54 Å². The average molecular weight is 412 g/mol. The first kappa shape index (κ1) is 20.4. The molecule has 0 fully saturated rings. The fraction of sp³-hybridized carbons (Fsp3) is 0.154. The lowest BCUT2D eigenvalue weighted by Gasteiger charge is -2.19. The molecule has 1 aromatic heterocycles. The van der Waals surface area contributed by atoms with Crippen molar-refractivity contribution in [2.45, 2.75) is 20.1 Å². The molecule has 0 saturated carbocycles. The van der Waals surface area contributed by atoms with Gasteiger partial charge in [-0.2, -0.15) is 0 Å². The van der Waals surface area contributed by atoms with E-state index in [0.29, 0.717) is 31.2 Å². The molecule has 4 aromatic rings. The molecule has 156 valence electrons. The number of benzene rings is 3. The van der Waals surface area contributed by atoms with Crippen LogP contribution in [0.2, 0.25) is 0 Å². The van der Waals surface area contributed by atoms with Gasteiger partial charge in [-0.05, 0) is 42.3 Å². The lowest BCUT2D eigenvalue weighted by Crippen LogP contribution is -2.28. The van der Waals surface area contributed by atoms with Crippen LogP contribution < -0.4 is 4.74 Å². The molecule has 0 atom stereocenters. The van der Waals surface area contributed by atoms with Crippen molar-refractivity contribution >= 4 is 23.1 Å². The first-order chi connectivity index (χ1) is 15.2. The third kappa shape index (κ3) is 5.39. The molecule has 0 aliphatic carbocycles. The van der Waals surface area contributed by atoms with Gasteiger partial charge in [-0.1, -0.05) is 54.6 Å². The van der Waals surface area contributed by atoms with Gasteiger partial charge >= 0.3 is 0 Å². The van der Waals surface area contributed by atoms with E-state index >= 15 is 0 Å². The maximum atomic E-state index is 12.6. The van der Waals surface area contributed by atoms with E-state index in [9.17, 15) is 4.79 Å². The Labute approximate surface area is 181 Å². The van der Waals surface area contributed by atoms with Gasteiger partial charge in [-0.15, -0.1) is 0 Å². The topological polar surface area (TPSA) is 55.6 Å².